The number of hydrogen-bond donors (Lipinski definition) is 1. The molecule has 3 aromatic rings. The number of thioether (sulfide) groups is 1. The minimum atomic E-state index is -1.30. The summed E-state index contributed by atoms with van der Waals surface area (Å²) in [6.07, 6.45) is 2.35. The van der Waals surface area contributed by atoms with Crippen LogP contribution in [0.25, 0.3) is 22.5 Å². The van der Waals surface area contributed by atoms with Crippen LogP contribution >= 0.6 is 11.8 Å². The molecule has 0 fully saturated rings. The molecule has 0 aliphatic carbocycles. The van der Waals surface area contributed by atoms with Crippen molar-refractivity contribution in [2.24, 2.45) is 0 Å². The maximum atomic E-state index is 12.1. The zero-order chi connectivity index (χ0) is 28.3. The van der Waals surface area contributed by atoms with Crippen LogP contribution in [0.3, 0.4) is 0 Å². The molecule has 3 rings (SSSR count). The zero-order valence-electron chi connectivity index (χ0n) is 22.9. The van der Waals surface area contributed by atoms with Crippen LogP contribution in [0.4, 0.5) is 16.3 Å². The zero-order valence-corrected chi connectivity index (χ0v) is 24.7. The molecule has 0 unspecified atom stereocenters. The van der Waals surface area contributed by atoms with E-state index in [0.29, 0.717) is 34.3 Å². The monoisotopic (exact) mass is 557 g/mol. The van der Waals surface area contributed by atoms with Crippen molar-refractivity contribution in [3.63, 3.8) is 0 Å². The van der Waals surface area contributed by atoms with E-state index in [1.54, 1.807) is 51.2 Å². The number of carboxylic acid groups (broad SMARTS) is 1. The van der Waals surface area contributed by atoms with Gasteiger partial charge in [0.15, 0.2) is 5.16 Å². The molecule has 38 heavy (non-hydrogen) atoms. The number of non-ortho nitro benzene ring substituents is 1. The number of rotatable bonds is 10. The third-order valence-corrected chi connectivity index (χ3v) is 8.15. The third kappa shape index (κ3) is 7.00. The number of imidazole rings is 1. The van der Waals surface area contributed by atoms with Crippen LogP contribution in [0.5, 0.6) is 0 Å². The first-order valence-corrected chi connectivity index (χ1v) is 17.1. The van der Waals surface area contributed by atoms with Crippen LogP contribution in [-0.2, 0) is 11.5 Å². The van der Waals surface area contributed by atoms with Gasteiger partial charge in [0.25, 0.3) is 5.69 Å². The number of benzene rings is 1. The number of ether oxygens (including phenoxy) is 1. The molecule has 2 aromatic heterocycles. The molecule has 1 aromatic carbocycles. The lowest BCUT2D eigenvalue weighted by Crippen LogP contribution is -2.45. The van der Waals surface area contributed by atoms with Crippen molar-refractivity contribution in [3.05, 3.63) is 52.7 Å². The van der Waals surface area contributed by atoms with Gasteiger partial charge in [-0.2, -0.15) is 0 Å². The van der Waals surface area contributed by atoms with Crippen molar-refractivity contribution < 1.29 is 19.6 Å². The highest BCUT2D eigenvalue weighted by atomic mass is 32.2. The molecule has 12 heteroatoms. The highest BCUT2D eigenvalue weighted by Crippen LogP contribution is 2.38. The molecule has 0 aliphatic rings. The fourth-order valence-electron chi connectivity index (χ4n) is 3.92. The predicted molar refractivity (Wildman–Crippen MR) is 154 cm³/mol. The Kier molecular flexibility index (Phi) is 9.00. The second kappa shape index (κ2) is 11.7. The Labute approximate surface area is 228 Å². The summed E-state index contributed by atoms with van der Waals surface area (Å²) in [5.74, 6) is 0.269. The maximum absolute atomic E-state index is 12.1. The van der Waals surface area contributed by atoms with Crippen LogP contribution in [0.1, 0.15) is 20.8 Å². The number of nitrogens with zero attached hydrogens (tertiary/aromatic N) is 5. The molecule has 0 bridgehead atoms. The number of aromatic nitrogens is 3. The van der Waals surface area contributed by atoms with Gasteiger partial charge in [0.2, 0.25) is 0 Å². The van der Waals surface area contributed by atoms with Crippen molar-refractivity contribution in [2.45, 2.75) is 63.9 Å². The first-order chi connectivity index (χ1) is 17.7. The van der Waals surface area contributed by atoms with E-state index in [4.69, 9.17) is 9.72 Å². The highest BCUT2D eigenvalue weighted by Gasteiger charge is 2.30. The van der Waals surface area contributed by atoms with Gasteiger partial charge in [-0.15, -0.1) is 0 Å². The fourth-order valence-corrected chi connectivity index (χ4v) is 5.22. The molecular weight excluding hydrogens is 522 g/mol. The standard InChI is InChI=1S/C26H35N5O5SSi/c1-26(2,3)30(25(32)33)21-16-19(11-12-27-21)23-22(18-9-8-10-20(15-18)31(34)35)28-24(37-4)29(23)17-36-13-14-38(5,6)7/h8-12,15-16H,13-14,17H2,1-7H3,(H,32,33). The van der Waals surface area contributed by atoms with Gasteiger partial charge in [-0.1, -0.05) is 43.5 Å². The molecule has 0 saturated carbocycles. The van der Waals surface area contributed by atoms with Crippen LogP contribution in [0, 0.1) is 10.1 Å². The number of nitro groups is 1. The average Bonchev–Trinajstić information content (AvgIpc) is 3.19. The van der Waals surface area contributed by atoms with Gasteiger partial charge in [0.05, 0.1) is 16.3 Å². The first-order valence-electron chi connectivity index (χ1n) is 12.2. The second-order valence-corrected chi connectivity index (χ2v) is 17.5. The van der Waals surface area contributed by atoms with Crippen LogP contribution in [0.15, 0.2) is 47.8 Å². The Hall–Kier alpha value is -3.22. The third-order valence-electron chi connectivity index (χ3n) is 5.77. The quantitative estimate of drug-likeness (QED) is 0.0945. The van der Waals surface area contributed by atoms with Crippen LogP contribution < -0.4 is 4.90 Å². The Bertz CT molecular complexity index is 1320. The van der Waals surface area contributed by atoms with Gasteiger partial charge in [-0.3, -0.25) is 19.6 Å². The van der Waals surface area contributed by atoms with E-state index >= 15 is 0 Å². The number of carbonyl (C=O) groups is 1. The lowest BCUT2D eigenvalue weighted by molar-refractivity contribution is -0.384. The molecule has 0 spiro atoms. The lowest BCUT2D eigenvalue weighted by atomic mass is 10.0. The summed E-state index contributed by atoms with van der Waals surface area (Å²) in [6.45, 7) is 13.1. The van der Waals surface area contributed by atoms with Crippen LogP contribution in [-0.4, -0.2) is 57.1 Å². The second-order valence-electron chi connectivity index (χ2n) is 11.1. The van der Waals surface area contributed by atoms with Gasteiger partial charge in [0, 0.05) is 49.7 Å². The fraction of sp³-hybridized carbons (Fsp3) is 0.423. The summed E-state index contributed by atoms with van der Waals surface area (Å²) in [4.78, 5) is 33.6. The molecule has 204 valence electrons. The minimum absolute atomic E-state index is 0.0414. The van der Waals surface area contributed by atoms with Crippen molar-refractivity contribution in [2.75, 3.05) is 17.8 Å². The van der Waals surface area contributed by atoms with Gasteiger partial charge in [0.1, 0.15) is 12.5 Å². The van der Waals surface area contributed by atoms with E-state index in [1.165, 1.54) is 28.8 Å². The van der Waals surface area contributed by atoms with E-state index in [9.17, 15) is 20.0 Å². The minimum Gasteiger partial charge on any atom is -0.465 e. The number of anilines is 1. The largest absolute Gasteiger partial charge is 0.465 e. The maximum Gasteiger partial charge on any atom is 0.413 e. The number of hydrogen-bond acceptors (Lipinski definition) is 7. The van der Waals surface area contributed by atoms with Gasteiger partial charge >= 0.3 is 6.09 Å². The van der Waals surface area contributed by atoms with Gasteiger partial charge < -0.3 is 9.84 Å². The Morgan fingerprint density at radius 2 is 1.92 bits per heavy atom. The van der Waals surface area contributed by atoms with Gasteiger partial charge in [-0.05, 0) is 45.2 Å². The average molecular weight is 558 g/mol. The molecule has 0 saturated heterocycles. The molecule has 1 N–H and O–H groups in total. The molecule has 10 nitrogen and oxygen atoms in total. The number of pyridine rings is 1. The Morgan fingerprint density at radius 1 is 1.21 bits per heavy atom. The summed E-state index contributed by atoms with van der Waals surface area (Å²) in [6, 6.07) is 10.8. The number of nitro benzene ring substituents is 1. The summed E-state index contributed by atoms with van der Waals surface area (Å²) in [5.41, 5.74) is 1.70. The molecule has 1 amide bonds. The van der Waals surface area contributed by atoms with E-state index in [0.717, 1.165) is 6.04 Å². The lowest BCUT2D eigenvalue weighted by Gasteiger charge is -2.32. The van der Waals surface area contributed by atoms with Crippen LogP contribution in [0.2, 0.25) is 25.7 Å². The summed E-state index contributed by atoms with van der Waals surface area (Å²) < 4.78 is 8.03. The molecule has 2 heterocycles. The Morgan fingerprint density at radius 3 is 2.50 bits per heavy atom. The molecule has 0 aliphatic heterocycles. The SMILES string of the molecule is CSc1nc(-c2cccc([N+](=O)[O-])c2)c(-c2ccnc(N(C(=O)O)C(C)(C)C)c2)n1COCC[Si](C)(C)C. The van der Waals surface area contributed by atoms with E-state index < -0.39 is 24.6 Å². The first kappa shape index (κ1) is 29.3. The summed E-state index contributed by atoms with van der Waals surface area (Å²) >= 11 is 1.44. The predicted octanol–water partition coefficient (Wildman–Crippen LogP) is 6.84. The van der Waals surface area contributed by atoms with Crippen molar-refractivity contribution in [1.82, 2.24) is 14.5 Å². The number of amides is 1. The summed E-state index contributed by atoms with van der Waals surface area (Å²) in [7, 11) is -1.30. The smallest absolute Gasteiger partial charge is 0.413 e. The van der Waals surface area contributed by atoms with Crippen molar-refractivity contribution in [3.8, 4) is 22.5 Å². The highest BCUT2D eigenvalue weighted by molar-refractivity contribution is 7.98. The van der Waals surface area contributed by atoms with E-state index in [2.05, 4.69) is 24.6 Å². The Balaban J connectivity index is 2.20. The van der Waals surface area contributed by atoms with Crippen molar-refractivity contribution in [1.29, 1.82) is 0 Å². The summed E-state index contributed by atoms with van der Waals surface area (Å²) in [5, 5.41) is 22.1. The molecule has 0 atom stereocenters. The van der Waals surface area contributed by atoms with E-state index in [-0.39, 0.29) is 18.2 Å². The topological polar surface area (TPSA) is 124 Å². The van der Waals surface area contributed by atoms with E-state index in [1.807, 2.05) is 10.8 Å². The molecule has 0 radical (unpaired) electrons. The van der Waals surface area contributed by atoms with Gasteiger partial charge in [-0.25, -0.2) is 14.8 Å². The molecular formula is C26H35N5O5SSi. The van der Waals surface area contributed by atoms with Crippen molar-refractivity contribution >= 4 is 37.4 Å². The normalized spacial score (nSPS) is 12.0.